The summed E-state index contributed by atoms with van der Waals surface area (Å²) in [6.07, 6.45) is -0.376. The summed E-state index contributed by atoms with van der Waals surface area (Å²) in [5.74, 6) is -5.48. The minimum absolute atomic E-state index is 0.412. The predicted molar refractivity (Wildman–Crippen MR) is 108 cm³/mol. The number of aliphatic carboxylic acids is 2. The van der Waals surface area contributed by atoms with Gasteiger partial charge in [0.1, 0.15) is 18.1 Å². The minimum Gasteiger partial charge on any atom is -0.481 e. The molecule has 0 radical (unpaired) electrons. The Morgan fingerprint density at radius 3 is 2.06 bits per heavy atom. The van der Waals surface area contributed by atoms with E-state index in [1.165, 1.54) is 6.92 Å². The third kappa shape index (κ3) is 8.13. The average Bonchev–Trinajstić information content (AvgIpc) is 3.22. The van der Waals surface area contributed by atoms with Crippen LogP contribution in [0.15, 0.2) is 0 Å². The molecule has 0 aliphatic carbocycles. The lowest BCUT2D eigenvalue weighted by molar-refractivity contribution is -0.145. The van der Waals surface area contributed by atoms with Crippen LogP contribution >= 0.6 is 0 Å². The van der Waals surface area contributed by atoms with Crippen LogP contribution in [0.1, 0.15) is 46.5 Å². The number of carbonyl (C=O) groups is 5. The molecule has 1 heterocycles. The van der Waals surface area contributed by atoms with Gasteiger partial charge in [0.15, 0.2) is 0 Å². The maximum absolute atomic E-state index is 12.6. The van der Waals surface area contributed by atoms with Crippen molar-refractivity contribution in [2.45, 2.75) is 76.7 Å². The minimum atomic E-state index is -1.55. The van der Waals surface area contributed by atoms with Crippen LogP contribution in [0.2, 0.25) is 0 Å². The quantitative estimate of drug-likeness (QED) is 0.181. The maximum Gasteiger partial charge on any atom is 0.326 e. The summed E-state index contributed by atoms with van der Waals surface area (Å²) >= 11 is 0. The van der Waals surface area contributed by atoms with Crippen molar-refractivity contribution in [1.82, 2.24) is 21.3 Å². The van der Waals surface area contributed by atoms with Gasteiger partial charge in [0.25, 0.3) is 0 Å². The molecule has 1 fully saturated rings. The van der Waals surface area contributed by atoms with Crippen molar-refractivity contribution in [2.75, 3.05) is 6.54 Å². The van der Waals surface area contributed by atoms with Gasteiger partial charge < -0.3 is 36.6 Å². The van der Waals surface area contributed by atoms with Gasteiger partial charge in [-0.15, -0.1) is 0 Å². The van der Waals surface area contributed by atoms with E-state index in [0.717, 1.165) is 6.42 Å². The van der Waals surface area contributed by atoms with Crippen molar-refractivity contribution < 1.29 is 39.3 Å². The van der Waals surface area contributed by atoms with Gasteiger partial charge in [-0.1, -0.05) is 20.3 Å². The van der Waals surface area contributed by atoms with Gasteiger partial charge in [-0.3, -0.25) is 19.2 Å². The first-order valence-corrected chi connectivity index (χ1v) is 10.2. The lowest BCUT2D eigenvalue weighted by Crippen LogP contribution is -2.60. The summed E-state index contributed by atoms with van der Waals surface area (Å²) in [5, 5.41) is 38.2. The Bertz CT molecular complexity index is 678. The van der Waals surface area contributed by atoms with Crippen molar-refractivity contribution in [3.63, 3.8) is 0 Å². The molecule has 1 aliphatic rings. The van der Waals surface area contributed by atoms with E-state index in [1.54, 1.807) is 13.8 Å². The molecule has 6 unspecified atom stereocenters. The van der Waals surface area contributed by atoms with Crippen LogP contribution < -0.4 is 21.3 Å². The van der Waals surface area contributed by atoms with Crippen LogP contribution in [-0.2, 0) is 24.0 Å². The Morgan fingerprint density at radius 1 is 1.00 bits per heavy atom. The number of amides is 3. The highest BCUT2D eigenvalue weighted by atomic mass is 16.4. The highest BCUT2D eigenvalue weighted by molar-refractivity contribution is 5.96. The fourth-order valence-electron chi connectivity index (χ4n) is 3.15. The summed E-state index contributed by atoms with van der Waals surface area (Å²) in [7, 11) is 0. The number of carbonyl (C=O) groups excluding carboxylic acids is 3. The summed E-state index contributed by atoms with van der Waals surface area (Å²) in [6, 6.07) is -4.81. The molecule has 0 aromatic heterocycles. The number of hydrogen-bond acceptors (Lipinski definition) is 7. The summed E-state index contributed by atoms with van der Waals surface area (Å²) in [4.78, 5) is 60.1. The molecule has 0 saturated carbocycles. The predicted octanol–water partition coefficient (Wildman–Crippen LogP) is -1.82. The van der Waals surface area contributed by atoms with E-state index >= 15 is 0 Å². The van der Waals surface area contributed by atoms with Gasteiger partial charge >= 0.3 is 11.9 Å². The first-order valence-electron chi connectivity index (χ1n) is 10.2. The Kier molecular flexibility index (Phi) is 10.4. The van der Waals surface area contributed by atoms with E-state index < -0.39 is 72.3 Å². The third-order valence-corrected chi connectivity index (χ3v) is 5.23. The highest BCUT2D eigenvalue weighted by Crippen LogP contribution is 2.09. The van der Waals surface area contributed by atoms with E-state index in [0.29, 0.717) is 19.4 Å². The second-order valence-electron chi connectivity index (χ2n) is 7.74. The average molecular weight is 444 g/mol. The lowest BCUT2D eigenvalue weighted by Gasteiger charge is -2.27. The number of aliphatic hydroxyl groups excluding tert-OH is 1. The molecule has 1 rings (SSSR count). The molecular weight excluding hydrogens is 412 g/mol. The molecule has 12 nitrogen and oxygen atoms in total. The van der Waals surface area contributed by atoms with Gasteiger partial charge in [-0.25, -0.2) is 4.79 Å². The number of nitrogens with one attached hydrogen (secondary N) is 4. The highest BCUT2D eigenvalue weighted by Gasteiger charge is 2.35. The van der Waals surface area contributed by atoms with Crippen LogP contribution in [0.5, 0.6) is 0 Å². The topological polar surface area (TPSA) is 194 Å². The van der Waals surface area contributed by atoms with E-state index in [-0.39, 0.29) is 0 Å². The van der Waals surface area contributed by atoms with Crippen LogP contribution in [-0.4, -0.2) is 81.8 Å². The molecule has 0 spiro atoms. The number of carboxylic acid groups (broad SMARTS) is 2. The largest absolute Gasteiger partial charge is 0.481 e. The molecule has 0 aromatic carbocycles. The maximum atomic E-state index is 12.6. The van der Waals surface area contributed by atoms with Crippen LogP contribution in [0.25, 0.3) is 0 Å². The second kappa shape index (κ2) is 12.2. The fourth-order valence-corrected chi connectivity index (χ4v) is 3.15. The molecule has 31 heavy (non-hydrogen) atoms. The number of rotatable bonds is 12. The molecule has 0 bridgehead atoms. The Hall–Kier alpha value is -2.73. The molecule has 0 aromatic rings. The van der Waals surface area contributed by atoms with Gasteiger partial charge in [0, 0.05) is 0 Å². The van der Waals surface area contributed by atoms with Crippen molar-refractivity contribution in [1.29, 1.82) is 0 Å². The second-order valence-corrected chi connectivity index (χ2v) is 7.74. The standard InChI is InChI=1S/C19H32N4O8/c1-4-9(2)14(19(30)31)22-18(29)15(10(3)24)23-17(28)12(8-13(25)26)21-16(27)11-6-5-7-20-11/h9-12,14-15,20,24H,4-8H2,1-3H3,(H,21,27)(H,22,29)(H,23,28)(H,25,26)(H,30,31). The summed E-state index contributed by atoms with van der Waals surface area (Å²) in [5.41, 5.74) is 0. The lowest BCUT2D eigenvalue weighted by atomic mass is 9.98. The molecule has 12 heteroatoms. The molecule has 3 amide bonds. The SMILES string of the molecule is CCC(C)C(NC(=O)C(NC(=O)C(CC(=O)O)NC(=O)C1CCCN1)C(C)O)C(=O)O. The molecule has 7 N–H and O–H groups in total. The van der Waals surface area contributed by atoms with E-state index in [4.69, 9.17) is 5.11 Å². The summed E-state index contributed by atoms with van der Waals surface area (Å²) < 4.78 is 0. The van der Waals surface area contributed by atoms with Gasteiger partial charge in [0.2, 0.25) is 17.7 Å². The first-order chi connectivity index (χ1) is 14.5. The van der Waals surface area contributed by atoms with Gasteiger partial charge in [-0.2, -0.15) is 0 Å². The smallest absolute Gasteiger partial charge is 0.326 e. The zero-order valence-electron chi connectivity index (χ0n) is 17.9. The fraction of sp³-hybridized carbons (Fsp3) is 0.737. The molecule has 176 valence electrons. The van der Waals surface area contributed by atoms with Crippen molar-refractivity contribution in [3.8, 4) is 0 Å². The van der Waals surface area contributed by atoms with Gasteiger partial charge in [0.05, 0.1) is 18.6 Å². The molecular formula is C19H32N4O8. The van der Waals surface area contributed by atoms with E-state index in [9.17, 15) is 34.2 Å². The first kappa shape index (κ1) is 26.3. The number of carboxylic acids is 2. The van der Waals surface area contributed by atoms with Crippen LogP contribution in [0.4, 0.5) is 0 Å². The van der Waals surface area contributed by atoms with Gasteiger partial charge in [-0.05, 0) is 32.2 Å². The monoisotopic (exact) mass is 444 g/mol. The third-order valence-electron chi connectivity index (χ3n) is 5.23. The van der Waals surface area contributed by atoms with E-state index in [2.05, 4.69) is 21.3 Å². The molecule has 1 aliphatic heterocycles. The molecule has 6 atom stereocenters. The Labute approximate surface area is 180 Å². The van der Waals surface area contributed by atoms with E-state index in [1.807, 2.05) is 0 Å². The Morgan fingerprint density at radius 2 is 1.61 bits per heavy atom. The Balaban J connectivity index is 2.91. The molecule has 1 saturated heterocycles. The summed E-state index contributed by atoms with van der Waals surface area (Å²) in [6.45, 7) is 5.22. The van der Waals surface area contributed by atoms with Crippen LogP contribution in [0.3, 0.4) is 0 Å². The van der Waals surface area contributed by atoms with Crippen molar-refractivity contribution in [3.05, 3.63) is 0 Å². The van der Waals surface area contributed by atoms with Crippen LogP contribution in [0, 0.1) is 5.92 Å². The number of aliphatic hydroxyl groups is 1. The zero-order valence-corrected chi connectivity index (χ0v) is 17.9. The van der Waals surface area contributed by atoms with Crippen molar-refractivity contribution in [2.24, 2.45) is 5.92 Å². The normalized spacial score (nSPS) is 20.6. The number of hydrogen-bond donors (Lipinski definition) is 7. The zero-order chi connectivity index (χ0) is 23.7. The van der Waals surface area contributed by atoms with Crippen molar-refractivity contribution >= 4 is 29.7 Å².